The molecular weight excluding hydrogens is 280 g/mol. The van der Waals surface area contributed by atoms with Gasteiger partial charge in [-0.2, -0.15) is 5.26 Å². The maximum Gasteiger partial charge on any atom is 0.140 e. The third-order valence-electron chi connectivity index (χ3n) is 2.94. The van der Waals surface area contributed by atoms with Crippen molar-refractivity contribution < 1.29 is 4.74 Å². The lowest BCUT2D eigenvalue weighted by atomic mass is 10.3. The predicted octanol–water partition coefficient (Wildman–Crippen LogP) is 4.12. The lowest BCUT2D eigenvalue weighted by molar-refractivity contribution is 0.305. The fourth-order valence-electron chi connectivity index (χ4n) is 1.83. The normalized spacial score (nSPS) is 14.1. The van der Waals surface area contributed by atoms with E-state index in [-0.39, 0.29) is 0 Å². The summed E-state index contributed by atoms with van der Waals surface area (Å²) in [4.78, 5) is 5.25. The monoisotopic (exact) mass is 290 g/mol. The smallest absolute Gasteiger partial charge is 0.140 e. The second-order valence-corrected chi connectivity index (χ2v) is 5.97. The van der Waals surface area contributed by atoms with Crippen LogP contribution >= 0.6 is 22.9 Å². The van der Waals surface area contributed by atoms with E-state index in [1.54, 1.807) is 12.1 Å². The molecule has 2 aromatic rings. The maximum absolute atomic E-state index is 9.09. The Balaban J connectivity index is 1.70. The minimum Gasteiger partial charge on any atom is -0.486 e. The van der Waals surface area contributed by atoms with E-state index >= 15 is 0 Å². The molecule has 1 aliphatic carbocycles. The van der Waals surface area contributed by atoms with Gasteiger partial charge in [-0.1, -0.05) is 11.6 Å². The van der Waals surface area contributed by atoms with E-state index in [0.29, 0.717) is 17.5 Å². The summed E-state index contributed by atoms with van der Waals surface area (Å²) in [6.07, 6.45) is 2.30. The molecule has 0 unspecified atom stereocenters. The van der Waals surface area contributed by atoms with Gasteiger partial charge in [0.25, 0.3) is 0 Å². The molecule has 0 bridgehead atoms. The van der Waals surface area contributed by atoms with Crippen LogP contribution in [0.5, 0.6) is 5.75 Å². The van der Waals surface area contributed by atoms with E-state index in [9.17, 15) is 0 Å². The lowest BCUT2D eigenvalue weighted by Crippen LogP contribution is -1.95. The molecule has 96 valence electrons. The molecule has 1 aromatic heterocycles. The van der Waals surface area contributed by atoms with Crippen LogP contribution in [0.1, 0.15) is 34.3 Å². The molecule has 0 spiro atoms. The number of nitrogens with zero attached hydrogens (tertiary/aromatic N) is 2. The summed E-state index contributed by atoms with van der Waals surface area (Å²) in [6, 6.07) is 9.44. The number of rotatable bonds is 4. The van der Waals surface area contributed by atoms with Crippen molar-refractivity contribution in [1.29, 1.82) is 5.26 Å². The molecule has 0 amide bonds. The van der Waals surface area contributed by atoms with Crippen molar-refractivity contribution >= 4 is 22.9 Å². The third-order valence-corrected chi connectivity index (χ3v) is 4.14. The first-order valence-corrected chi connectivity index (χ1v) is 7.24. The van der Waals surface area contributed by atoms with Gasteiger partial charge in [0, 0.05) is 10.9 Å². The summed E-state index contributed by atoms with van der Waals surface area (Å²) in [5.74, 6) is 1.25. The van der Waals surface area contributed by atoms with Gasteiger partial charge in [-0.05, 0) is 37.1 Å². The molecule has 0 N–H and O–H groups in total. The van der Waals surface area contributed by atoms with Gasteiger partial charge in [0.05, 0.1) is 5.69 Å². The molecule has 0 atom stereocenters. The Morgan fingerprint density at radius 1 is 1.37 bits per heavy atom. The minimum atomic E-state index is 0.397. The number of aromatic nitrogens is 1. The van der Waals surface area contributed by atoms with Crippen LogP contribution in [0.2, 0.25) is 5.02 Å². The fourth-order valence-corrected chi connectivity index (χ4v) is 2.82. The molecule has 1 heterocycles. The van der Waals surface area contributed by atoms with Gasteiger partial charge in [0.2, 0.25) is 0 Å². The highest BCUT2D eigenvalue weighted by Crippen LogP contribution is 2.42. The highest BCUT2D eigenvalue weighted by atomic mass is 35.5. The summed E-state index contributed by atoms with van der Waals surface area (Å²) in [5.41, 5.74) is 0.960. The summed E-state index contributed by atoms with van der Waals surface area (Å²) in [5, 5.41) is 10.6. The first-order valence-electron chi connectivity index (χ1n) is 6.04. The first kappa shape index (κ1) is 12.5. The van der Waals surface area contributed by atoms with E-state index < -0.39 is 0 Å². The van der Waals surface area contributed by atoms with Crippen LogP contribution < -0.4 is 4.74 Å². The van der Waals surface area contributed by atoms with Gasteiger partial charge in [-0.25, -0.2) is 4.98 Å². The van der Waals surface area contributed by atoms with Crippen molar-refractivity contribution in [3.63, 3.8) is 0 Å². The van der Waals surface area contributed by atoms with Crippen LogP contribution in [0.3, 0.4) is 0 Å². The quantitative estimate of drug-likeness (QED) is 0.851. The Morgan fingerprint density at radius 3 is 2.74 bits per heavy atom. The van der Waals surface area contributed by atoms with Crippen LogP contribution in [0.25, 0.3) is 0 Å². The molecule has 1 saturated carbocycles. The molecule has 0 saturated heterocycles. The van der Waals surface area contributed by atoms with E-state index in [4.69, 9.17) is 21.6 Å². The van der Waals surface area contributed by atoms with Crippen molar-refractivity contribution in [2.75, 3.05) is 0 Å². The van der Waals surface area contributed by atoms with Gasteiger partial charge in [0.1, 0.15) is 28.3 Å². The lowest BCUT2D eigenvalue weighted by Gasteiger charge is -2.03. The SMILES string of the molecule is N#Cc1sc(COc2ccc(Cl)cc2)nc1C1CC1. The van der Waals surface area contributed by atoms with Crippen LogP contribution in [0.4, 0.5) is 0 Å². The van der Waals surface area contributed by atoms with Crippen molar-refractivity contribution in [1.82, 2.24) is 4.98 Å². The zero-order chi connectivity index (χ0) is 13.2. The number of hydrogen-bond donors (Lipinski definition) is 0. The first-order chi connectivity index (χ1) is 9.26. The van der Waals surface area contributed by atoms with Crippen LogP contribution in [0, 0.1) is 11.3 Å². The van der Waals surface area contributed by atoms with E-state index in [1.165, 1.54) is 11.3 Å². The van der Waals surface area contributed by atoms with E-state index in [2.05, 4.69) is 11.1 Å². The second kappa shape index (κ2) is 5.20. The average molecular weight is 291 g/mol. The van der Waals surface area contributed by atoms with Gasteiger partial charge >= 0.3 is 0 Å². The number of hydrogen-bond acceptors (Lipinski definition) is 4. The Hall–Kier alpha value is -1.57. The van der Waals surface area contributed by atoms with Crippen LogP contribution in [-0.2, 0) is 6.61 Å². The number of thiazole rings is 1. The van der Waals surface area contributed by atoms with Gasteiger partial charge in [0.15, 0.2) is 0 Å². The van der Waals surface area contributed by atoms with E-state index in [0.717, 1.165) is 34.2 Å². The highest BCUT2D eigenvalue weighted by Gasteiger charge is 2.29. The molecule has 3 nitrogen and oxygen atoms in total. The summed E-state index contributed by atoms with van der Waals surface area (Å²) >= 11 is 7.24. The fraction of sp³-hybridized carbons (Fsp3) is 0.286. The Bertz CT molecular complexity index is 626. The topological polar surface area (TPSA) is 45.9 Å². The Labute approximate surface area is 120 Å². The minimum absolute atomic E-state index is 0.397. The molecule has 1 aromatic carbocycles. The number of nitriles is 1. The molecule has 19 heavy (non-hydrogen) atoms. The highest BCUT2D eigenvalue weighted by molar-refractivity contribution is 7.12. The summed E-state index contributed by atoms with van der Waals surface area (Å²) in [7, 11) is 0. The third kappa shape index (κ3) is 2.89. The largest absolute Gasteiger partial charge is 0.486 e. The molecule has 3 rings (SSSR count). The summed E-state index contributed by atoms with van der Waals surface area (Å²) < 4.78 is 5.64. The summed E-state index contributed by atoms with van der Waals surface area (Å²) in [6.45, 7) is 0.397. The van der Waals surface area contributed by atoms with Crippen molar-refractivity contribution in [3.05, 3.63) is 44.9 Å². The standard InChI is InChI=1S/C14H11ClN2OS/c15-10-3-5-11(6-4-10)18-8-13-17-14(9-1-2-9)12(7-16)19-13/h3-6,9H,1-2,8H2. The number of ether oxygens (including phenoxy) is 1. The second-order valence-electron chi connectivity index (χ2n) is 4.45. The van der Waals surface area contributed by atoms with Gasteiger partial charge in [-0.15, -0.1) is 11.3 Å². The Morgan fingerprint density at radius 2 is 2.11 bits per heavy atom. The Kier molecular flexibility index (Phi) is 3.41. The van der Waals surface area contributed by atoms with Gasteiger partial charge in [-0.3, -0.25) is 0 Å². The van der Waals surface area contributed by atoms with Crippen molar-refractivity contribution in [2.45, 2.75) is 25.4 Å². The molecule has 1 aliphatic rings. The maximum atomic E-state index is 9.09. The number of benzene rings is 1. The van der Waals surface area contributed by atoms with Crippen molar-refractivity contribution in [2.24, 2.45) is 0 Å². The van der Waals surface area contributed by atoms with Crippen LogP contribution in [-0.4, -0.2) is 4.98 Å². The molecule has 1 fully saturated rings. The molecular formula is C14H11ClN2OS. The molecule has 0 aliphatic heterocycles. The van der Waals surface area contributed by atoms with Gasteiger partial charge < -0.3 is 4.74 Å². The van der Waals surface area contributed by atoms with Crippen molar-refractivity contribution in [3.8, 4) is 11.8 Å². The molecule has 0 radical (unpaired) electrons. The molecule has 5 heteroatoms. The average Bonchev–Trinajstić information content (AvgIpc) is 3.19. The van der Waals surface area contributed by atoms with Crippen LogP contribution in [0.15, 0.2) is 24.3 Å². The zero-order valence-electron chi connectivity index (χ0n) is 10.1. The predicted molar refractivity (Wildman–Crippen MR) is 74.6 cm³/mol. The van der Waals surface area contributed by atoms with E-state index in [1.807, 2.05) is 12.1 Å². The zero-order valence-corrected chi connectivity index (χ0v) is 11.7. The number of halogens is 1.